The summed E-state index contributed by atoms with van der Waals surface area (Å²) in [6, 6.07) is 4.05. The maximum Gasteiger partial charge on any atom is 0.217 e. The first-order chi connectivity index (χ1) is 7.75. The summed E-state index contributed by atoms with van der Waals surface area (Å²) < 4.78 is 0. The van der Waals surface area contributed by atoms with Gasteiger partial charge in [-0.2, -0.15) is 0 Å². The lowest BCUT2D eigenvalue weighted by Gasteiger charge is -2.16. The van der Waals surface area contributed by atoms with Gasteiger partial charge < -0.3 is 10.2 Å². The Morgan fingerprint density at radius 2 is 2.19 bits per heavy atom. The Morgan fingerprint density at radius 1 is 1.44 bits per heavy atom. The minimum atomic E-state index is -0.0105. The number of nitrogens with zero attached hydrogens (tertiary/aromatic N) is 2. The van der Waals surface area contributed by atoms with Crippen LogP contribution < -0.4 is 10.2 Å². The van der Waals surface area contributed by atoms with Crippen LogP contribution in [0.2, 0.25) is 0 Å². The number of carbonyl (C=O) groups excluding carboxylic acids is 1. The number of carbonyl (C=O) groups is 1. The van der Waals surface area contributed by atoms with Crippen LogP contribution in [0.15, 0.2) is 18.3 Å². The Hall–Kier alpha value is -1.58. The highest BCUT2D eigenvalue weighted by atomic mass is 16.1. The fourth-order valence-corrected chi connectivity index (χ4v) is 1.88. The van der Waals surface area contributed by atoms with Crippen LogP contribution in [-0.2, 0) is 11.3 Å². The van der Waals surface area contributed by atoms with Crippen LogP contribution in [0.25, 0.3) is 0 Å². The highest BCUT2D eigenvalue weighted by molar-refractivity contribution is 5.72. The minimum Gasteiger partial charge on any atom is -0.357 e. The van der Waals surface area contributed by atoms with Crippen molar-refractivity contribution in [2.24, 2.45) is 0 Å². The minimum absolute atomic E-state index is 0.0105. The van der Waals surface area contributed by atoms with Crippen LogP contribution in [0, 0.1) is 0 Å². The summed E-state index contributed by atoms with van der Waals surface area (Å²) in [7, 11) is 0. The average molecular weight is 219 g/mol. The Labute approximate surface area is 95.7 Å². The van der Waals surface area contributed by atoms with E-state index in [1.54, 1.807) is 0 Å². The predicted molar refractivity (Wildman–Crippen MR) is 63.2 cm³/mol. The fourth-order valence-electron chi connectivity index (χ4n) is 1.88. The Bertz CT molecular complexity index is 355. The quantitative estimate of drug-likeness (QED) is 0.834. The molecule has 0 saturated carbocycles. The molecule has 0 radical (unpaired) electrons. The number of amides is 1. The van der Waals surface area contributed by atoms with Gasteiger partial charge in [-0.05, 0) is 24.5 Å². The third kappa shape index (κ3) is 2.72. The lowest BCUT2D eigenvalue weighted by atomic mass is 10.3. The molecule has 0 atom stereocenters. The van der Waals surface area contributed by atoms with E-state index in [0.29, 0.717) is 6.54 Å². The number of hydrogen-bond acceptors (Lipinski definition) is 3. The van der Waals surface area contributed by atoms with Crippen molar-refractivity contribution in [2.45, 2.75) is 26.3 Å². The van der Waals surface area contributed by atoms with E-state index in [9.17, 15) is 4.79 Å². The second-order valence-corrected chi connectivity index (χ2v) is 4.13. The van der Waals surface area contributed by atoms with Crippen LogP contribution in [-0.4, -0.2) is 24.0 Å². The molecule has 86 valence electrons. The molecular weight excluding hydrogens is 202 g/mol. The summed E-state index contributed by atoms with van der Waals surface area (Å²) in [6.07, 6.45) is 4.36. The van der Waals surface area contributed by atoms with Crippen molar-refractivity contribution in [1.82, 2.24) is 10.3 Å². The molecule has 2 heterocycles. The smallest absolute Gasteiger partial charge is 0.217 e. The molecule has 16 heavy (non-hydrogen) atoms. The first-order valence-corrected chi connectivity index (χ1v) is 5.70. The molecule has 2 rings (SSSR count). The van der Waals surface area contributed by atoms with Crippen LogP contribution in [0.4, 0.5) is 5.82 Å². The van der Waals surface area contributed by atoms with Crippen molar-refractivity contribution in [1.29, 1.82) is 0 Å². The second kappa shape index (κ2) is 4.96. The molecule has 0 aliphatic carbocycles. The zero-order chi connectivity index (χ0) is 11.4. The number of rotatable bonds is 3. The molecule has 1 N–H and O–H groups in total. The van der Waals surface area contributed by atoms with E-state index in [4.69, 9.17) is 0 Å². The van der Waals surface area contributed by atoms with E-state index < -0.39 is 0 Å². The molecule has 4 heteroatoms. The van der Waals surface area contributed by atoms with Crippen LogP contribution in [0.5, 0.6) is 0 Å². The summed E-state index contributed by atoms with van der Waals surface area (Å²) in [4.78, 5) is 17.5. The topological polar surface area (TPSA) is 45.2 Å². The monoisotopic (exact) mass is 219 g/mol. The highest BCUT2D eigenvalue weighted by Crippen LogP contribution is 2.17. The fraction of sp³-hybridized carbons (Fsp3) is 0.500. The molecule has 1 amide bonds. The Morgan fingerprint density at radius 3 is 2.75 bits per heavy atom. The maximum atomic E-state index is 10.8. The second-order valence-electron chi connectivity index (χ2n) is 4.13. The van der Waals surface area contributed by atoms with Gasteiger partial charge in [-0.1, -0.05) is 6.07 Å². The van der Waals surface area contributed by atoms with Gasteiger partial charge in [-0.15, -0.1) is 0 Å². The molecule has 0 spiro atoms. The van der Waals surface area contributed by atoms with Crippen molar-refractivity contribution in [2.75, 3.05) is 18.0 Å². The molecule has 0 unspecified atom stereocenters. The molecule has 0 bridgehead atoms. The van der Waals surface area contributed by atoms with Gasteiger partial charge in [0.05, 0.1) is 0 Å². The van der Waals surface area contributed by atoms with E-state index in [0.717, 1.165) is 24.5 Å². The molecule has 1 fully saturated rings. The summed E-state index contributed by atoms with van der Waals surface area (Å²) in [5.74, 6) is 1.03. The SMILES string of the molecule is CC(=O)NCc1ccc(N2CCCC2)nc1. The van der Waals surface area contributed by atoms with Crippen molar-refractivity contribution < 1.29 is 4.79 Å². The van der Waals surface area contributed by atoms with E-state index >= 15 is 0 Å². The van der Waals surface area contributed by atoms with E-state index in [-0.39, 0.29) is 5.91 Å². The normalized spacial score (nSPS) is 15.2. The standard InChI is InChI=1S/C12H17N3O/c1-10(16)13-8-11-4-5-12(14-9-11)15-6-2-3-7-15/h4-5,9H,2-3,6-8H2,1H3,(H,13,16). The van der Waals surface area contributed by atoms with Gasteiger partial charge in [-0.25, -0.2) is 4.98 Å². The summed E-state index contributed by atoms with van der Waals surface area (Å²) in [6.45, 7) is 4.30. The first-order valence-electron chi connectivity index (χ1n) is 5.70. The maximum absolute atomic E-state index is 10.8. The summed E-state index contributed by atoms with van der Waals surface area (Å²) in [5.41, 5.74) is 1.04. The van der Waals surface area contributed by atoms with Gasteiger partial charge in [0, 0.05) is 32.8 Å². The first kappa shape index (κ1) is 10.9. The molecule has 4 nitrogen and oxygen atoms in total. The number of pyridine rings is 1. The predicted octanol–water partition coefficient (Wildman–Crippen LogP) is 1.32. The number of hydrogen-bond donors (Lipinski definition) is 1. The third-order valence-electron chi connectivity index (χ3n) is 2.78. The molecule has 0 aromatic carbocycles. The lowest BCUT2D eigenvalue weighted by Crippen LogP contribution is -2.20. The molecule has 1 saturated heterocycles. The molecule has 1 aliphatic heterocycles. The molecule has 1 aliphatic rings. The van der Waals surface area contributed by atoms with Crippen molar-refractivity contribution in [3.8, 4) is 0 Å². The third-order valence-corrected chi connectivity index (χ3v) is 2.78. The van der Waals surface area contributed by atoms with Crippen LogP contribution in [0.1, 0.15) is 25.3 Å². The Kier molecular flexibility index (Phi) is 3.39. The number of nitrogens with one attached hydrogen (secondary N) is 1. The van der Waals surface area contributed by atoms with Crippen molar-refractivity contribution in [3.05, 3.63) is 23.9 Å². The van der Waals surface area contributed by atoms with Crippen molar-refractivity contribution in [3.63, 3.8) is 0 Å². The highest BCUT2D eigenvalue weighted by Gasteiger charge is 2.12. The summed E-state index contributed by atoms with van der Waals surface area (Å²) in [5, 5.41) is 2.76. The number of anilines is 1. The zero-order valence-electron chi connectivity index (χ0n) is 9.57. The largest absolute Gasteiger partial charge is 0.357 e. The van der Waals surface area contributed by atoms with Gasteiger partial charge in [0.2, 0.25) is 5.91 Å². The van der Waals surface area contributed by atoms with Gasteiger partial charge in [-0.3, -0.25) is 4.79 Å². The van der Waals surface area contributed by atoms with Gasteiger partial charge >= 0.3 is 0 Å². The van der Waals surface area contributed by atoms with E-state index in [1.165, 1.54) is 19.8 Å². The molecular formula is C12H17N3O. The van der Waals surface area contributed by atoms with Crippen molar-refractivity contribution >= 4 is 11.7 Å². The van der Waals surface area contributed by atoms with E-state index in [1.807, 2.05) is 18.3 Å². The zero-order valence-corrected chi connectivity index (χ0v) is 9.57. The molecule has 1 aromatic rings. The molecule has 1 aromatic heterocycles. The summed E-state index contributed by atoms with van der Waals surface area (Å²) >= 11 is 0. The van der Waals surface area contributed by atoms with Crippen LogP contribution in [0.3, 0.4) is 0 Å². The number of aromatic nitrogens is 1. The van der Waals surface area contributed by atoms with Gasteiger partial charge in [0.15, 0.2) is 0 Å². The average Bonchev–Trinajstić information content (AvgIpc) is 2.80. The van der Waals surface area contributed by atoms with Gasteiger partial charge in [0.1, 0.15) is 5.82 Å². The lowest BCUT2D eigenvalue weighted by molar-refractivity contribution is -0.119. The van der Waals surface area contributed by atoms with Gasteiger partial charge in [0.25, 0.3) is 0 Å². The Balaban J connectivity index is 1.95. The van der Waals surface area contributed by atoms with E-state index in [2.05, 4.69) is 15.2 Å². The van der Waals surface area contributed by atoms with Crippen LogP contribution >= 0.6 is 0 Å².